The van der Waals surface area contributed by atoms with Gasteiger partial charge in [-0.05, 0) is 18.6 Å². The van der Waals surface area contributed by atoms with Crippen LogP contribution in [0.3, 0.4) is 0 Å². The number of anilines is 1. The highest BCUT2D eigenvalue weighted by molar-refractivity contribution is 5.78. The number of nitriles is 1. The largest absolute Gasteiger partial charge is 0.369 e. The van der Waals surface area contributed by atoms with Crippen LogP contribution >= 0.6 is 0 Å². The van der Waals surface area contributed by atoms with Gasteiger partial charge < -0.3 is 10.6 Å². The van der Waals surface area contributed by atoms with Crippen LogP contribution in [0, 0.1) is 17.2 Å². The second-order valence-electron chi connectivity index (χ2n) is 3.85. The highest BCUT2D eigenvalue weighted by Gasteiger charge is 2.27. The topological polar surface area (TPSA) is 83.0 Å². The van der Waals surface area contributed by atoms with Gasteiger partial charge in [-0.25, -0.2) is 4.98 Å². The van der Waals surface area contributed by atoms with E-state index in [0.717, 1.165) is 18.8 Å². The molecule has 1 aromatic rings. The molecule has 1 unspecified atom stereocenters. The monoisotopic (exact) mass is 216 g/mol. The van der Waals surface area contributed by atoms with Gasteiger partial charge in [0.15, 0.2) is 0 Å². The number of hydrogen-bond acceptors (Lipinski definition) is 4. The lowest BCUT2D eigenvalue weighted by molar-refractivity contribution is -0.121. The van der Waals surface area contributed by atoms with E-state index >= 15 is 0 Å². The Morgan fingerprint density at radius 3 is 3.12 bits per heavy atom. The van der Waals surface area contributed by atoms with Crippen molar-refractivity contribution in [1.29, 1.82) is 5.26 Å². The summed E-state index contributed by atoms with van der Waals surface area (Å²) in [6.45, 7) is 1.35. The molecule has 2 heterocycles. The Morgan fingerprint density at radius 2 is 2.50 bits per heavy atom. The molecular weight excluding hydrogens is 204 g/mol. The standard InChI is InChI=1S/C11H12N4O/c12-6-8-1-3-14-10(5-8)15-4-2-9(7-15)11(13)16/h1,3,5,9H,2,4,7H2,(H2,13,16). The van der Waals surface area contributed by atoms with Gasteiger partial charge in [0.2, 0.25) is 5.91 Å². The molecule has 0 aromatic carbocycles. The molecule has 1 aliphatic heterocycles. The zero-order valence-corrected chi connectivity index (χ0v) is 8.76. The molecule has 0 spiro atoms. The van der Waals surface area contributed by atoms with Gasteiger partial charge in [-0.3, -0.25) is 4.79 Å². The lowest BCUT2D eigenvalue weighted by Crippen LogP contribution is -2.27. The average Bonchev–Trinajstić information content (AvgIpc) is 2.78. The van der Waals surface area contributed by atoms with Crippen LogP contribution in [-0.2, 0) is 4.79 Å². The highest BCUT2D eigenvalue weighted by Crippen LogP contribution is 2.22. The fourth-order valence-electron chi connectivity index (χ4n) is 1.86. The molecule has 2 N–H and O–H groups in total. The van der Waals surface area contributed by atoms with Crippen LogP contribution < -0.4 is 10.6 Å². The van der Waals surface area contributed by atoms with Gasteiger partial charge in [0, 0.05) is 19.3 Å². The normalized spacial score (nSPS) is 19.4. The second kappa shape index (κ2) is 4.19. The molecule has 1 saturated heterocycles. The summed E-state index contributed by atoms with van der Waals surface area (Å²) in [5.74, 6) is 0.370. The molecule has 0 bridgehead atoms. The van der Waals surface area contributed by atoms with E-state index in [0.29, 0.717) is 12.1 Å². The van der Waals surface area contributed by atoms with Crippen molar-refractivity contribution in [2.24, 2.45) is 11.7 Å². The molecule has 5 nitrogen and oxygen atoms in total. The van der Waals surface area contributed by atoms with E-state index in [1.807, 2.05) is 4.90 Å². The zero-order chi connectivity index (χ0) is 11.5. The van der Waals surface area contributed by atoms with Crippen LogP contribution in [-0.4, -0.2) is 24.0 Å². The molecule has 1 aromatic heterocycles. The van der Waals surface area contributed by atoms with Gasteiger partial charge in [0.1, 0.15) is 5.82 Å². The van der Waals surface area contributed by atoms with E-state index in [1.54, 1.807) is 18.3 Å². The maximum absolute atomic E-state index is 11.0. The number of rotatable bonds is 2. The minimum absolute atomic E-state index is 0.104. The summed E-state index contributed by atoms with van der Waals surface area (Å²) in [7, 11) is 0. The first kappa shape index (κ1) is 10.4. The molecule has 5 heteroatoms. The van der Waals surface area contributed by atoms with Gasteiger partial charge in [-0.1, -0.05) is 0 Å². The predicted octanol–water partition coefficient (Wildman–Crippen LogP) is 0.265. The van der Waals surface area contributed by atoms with Crippen molar-refractivity contribution >= 4 is 11.7 Å². The lowest BCUT2D eigenvalue weighted by atomic mass is 10.1. The SMILES string of the molecule is N#Cc1ccnc(N2CCC(C(N)=O)C2)c1. The van der Waals surface area contributed by atoms with Gasteiger partial charge in [-0.15, -0.1) is 0 Å². The highest BCUT2D eigenvalue weighted by atomic mass is 16.1. The number of aromatic nitrogens is 1. The molecule has 0 aliphatic carbocycles. The van der Waals surface area contributed by atoms with E-state index in [1.165, 1.54) is 0 Å². The van der Waals surface area contributed by atoms with Crippen LogP contribution in [0.1, 0.15) is 12.0 Å². The predicted molar refractivity (Wildman–Crippen MR) is 58.5 cm³/mol. The third-order valence-corrected chi connectivity index (χ3v) is 2.79. The molecule has 16 heavy (non-hydrogen) atoms. The van der Waals surface area contributed by atoms with E-state index < -0.39 is 0 Å². The molecule has 1 fully saturated rings. The van der Waals surface area contributed by atoms with Crippen molar-refractivity contribution in [3.8, 4) is 6.07 Å². The fourth-order valence-corrected chi connectivity index (χ4v) is 1.86. The number of carbonyl (C=O) groups is 1. The fraction of sp³-hybridized carbons (Fsp3) is 0.364. The summed E-state index contributed by atoms with van der Waals surface area (Å²) in [5, 5.41) is 8.77. The van der Waals surface area contributed by atoms with Crippen LogP contribution in [0.4, 0.5) is 5.82 Å². The third kappa shape index (κ3) is 1.96. The minimum Gasteiger partial charge on any atom is -0.369 e. The molecule has 1 aliphatic rings. The van der Waals surface area contributed by atoms with E-state index in [9.17, 15) is 4.79 Å². The quantitative estimate of drug-likeness (QED) is 0.768. The summed E-state index contributed by atoms with van der Waals surface area (Å²) in [4.78, 5) is 17.2. The number of pyridine rings is 1. The summed E-state index contributed by atoms with van der Waals surface area (Å²) >= 11 is 0. The summed E-state index contributed by atoms with van der Waals surface area (Å²) in [6, 6.07) is 5.45. The summed E-state index contributed by atoms with van der Waals surface area (Å²) < 4.78 is 0. The number of nitrogens with two attached hydrogens (primary N) is 1. The van der Waals surface area contributed by atoms with Crippen molar-refractivity contribution in [2.75, 3.05) is 18.0 Å². The average molecular weight is 216 g/mol. The Kier molecular flexibility index (Phi) is 2.73. The first-order valence-electron chi connectivity index (χ1n) is 5.11. The van der Waals surface area contributed by atoms with Gasteiger partial charge in [-0.2, -0.15) is 5.26 Å². The molecule has 0 radical (unpaired) electrons. The molecule has 0 saturated carbocycles. The van der Waals surface area contributed by atoms with E-state index in [2.05, 4.69) is 11.1 Å². The number of carbonyl (C=O) groups excluding carboxylic acids is 1. The summed E-state index contributed by atoms with van der Waals surface area (Å²) in [6.07, 6.45) is 2.36. The van der Waals surface area contributed by atoms with Crippen LogP contribution in [0.25, 0.3) is 0 Å². The van der Waals surface area contributed by atoms with Crippen LogP contribution in [0.2, 0.25) is 0 Å². The Labute approximate surface area is 93.5 Å². The zero-order valence-electron chi connectivity index (χ0n) is 8.76. The Morgan fingerprint density at radius 1 is 1.69 bits per heavy atom. The van der Waals surface area contributed by atoms with Gasteiger partial charge in [0.25, 0.3) is 0 Å². The minimum atomic E-state index is -0.265. The second-order valence-corrected chi connectivity index (χ2v) is 3.85. The van der Waals surface area contributed by atoms with Crippen molar-refractivity contribution in [2.45, 2.75) is 6.42 Å². The van der Waals surface area contributed by atoms with Crippen molar-refractivity contribution in [1.82, 2.24) is 4.98 Å². The molecule has 1 amide bonds. The van der Waals surface area contributed by atoms with E-state index in [4.69, 9.17) is 11.0 Å². The molecule has 1 atom stereocenters. The van der Waals surface area contributed by atoms with E-state index in [-0.39, 0.29) is 11.8 Å². The summed E-state index contributed by atoms with van der Waals surface area (Å²) in [5.41, 5.74) is 5.83. The van der Waals surface area contributed by atoms with Crippen molar-refractivity contribution in [3.05, 3.63) is 23.9 Å². The molecule has 2 rings (SSSR count). The van der Waals surface area contributed by atoms with Crippen LogP contribution in [0.15, 0.2) is 18.3 Å². The number of nitrogens with zero attached hydrogens (tertiary/aromatic N) is 3. The van der Waals surface area contributed by atoms with Crippen LogP contribution in [0.5, 0.6) is 0 Å². The van der Waals surface area contributed by atoms with Crippen molar-refractivity contribution in [3.63, 3.8) is 0 Å². The Balaban J connectivity index is 2.14. The molecular formula is C11H12N4O. The maximum atomic E-state index is 11.0. The number of amides is 1. The molecule has 82 valence electrons. The Hall–Kier alpha value is -2.09. The lowest BCUT2D eigenvalue weighted by Gasteiger charge is -2.16. The van der Waals surface area contributed by atoms with Gasteiger partial charge in [0.05, 0.1) is 17.6 Å². The Bertz CT molecular complexity index is 452. The van der Waals surface area contributed by atoms with Gasteiger partial charge >= 0.3 is 0 Å². The smallest absolute Gasteiger partial charge is 0.222 e. The first-order valence-corrected chi connectivity index (χ1v) is 5.11. The third-order valence-electron chi connectivity index (χ3n) is 2.79. The number of hydrogen-bond donors (Lipinski definition) is 1. The first-order chi connectivity index (χ1) is 7.70. The maximum Gasteiger partial charge on any atom is 0.222 e. The number of primary amides is 1. The van der Waals surface area contributed by atoms with Crippen molar-refractivity contribution < 1.29 is 4.79 Å².